The van der Waals surface area contributed by atoms with Crippen LogP contribution >= 0.6 is 23.2 Å². The van der Waals surface area contributed by atoms with Gasteiger partial charge in [0.05, 0.1) is 28.3 Å². The molecule has 0 radical (unpaired) electrons. The van der Waals surface area contributed by atoms with Crippen LogP contribution in [0.3, 0.4) is 0 Å². The zero-order chi connectivity index (χ0) is 19.4. The average Bonchev–Trinajstić information content (AvgIpc) is 3.38. The summed E-state index contributed by atoms with van der Waals surface area (Å²) in [5, 5.41) is 9.22. The molecule has 0 spiro atoms. The van der Waals surface area contributed by atoms with Crippen molar-refractivity contribution in [3.63, 3.8) is 0 Å². The minimum Gasteiger partial charge on any atom is -0.348 e. The molecule has 0 unspecified atom stereocenters. The van der Waals surface area contributed by atoms with Crippen LogP contribution in [0, 0.1) is 0 Å². The van der Waals surface area contributed by atoms with E-state index in [1.54, 1.807) is 28.9 Å². The number of imidazole rings is 1. The van der Waals surface area contributed by atoms with Crippen molar-refractivity contribution in [3.8, 4) is 0 Å². The normalized spacial score (nSPS) is 16.5. The Morgan fingerprint density at radius 2 is 2.18 bits per heavy atom. The Kier molecular flexibility index (Phi) is 3.88. The van der Waals surface area contributed by atoms with Crippen molar-refractivity contribution in [2.45, 2.75) is 12.5 Å². The molecule has 1 atom stereocenters. The van der Waals surface area contributed by atoms with Crippen LogP contribution in [0.4, 0.5) is 0 Å². The molecule has 0 fully saturated rings. The number of hydrogen-bond acceptors (Lipinski definition) is 5. The Bertz CT molecular complexity index is 1210. The summed E-state index contributed by atoms with van der Waals surface area (Å²) in [4.78, 5) is 26.6. The first-order chi connectivity index (χ1) is 13.5. The number of aromatic amines is 1. The molecule has 1 amide bonds. The number of fused-ring (bicyclic) bond motifs is 2. The van der Waals surface area contributed by atoms with E-state index in [1.165, 1.54) is 4.68 Å². The Hall–Kier alpha value is -2.91. The summed E-state index contributed by atoms with van der Waals surface area (Å²) in [6.45, 7) is 0.477. The Morgan fingerprint density at radius 1 is 1.32 bits per heavy atom. The van der Waals surface area contributed by atoms with Gasteiger partial charge in [0.15, 0.2) is 0 Å². The first-order valence-corrected chi connectivity index (χ1v) is 9.32. The molecule has 1 N–H and O–H groups in total. The van der Waals surface area contributed by atoms with E-state index in [1.807, 2.05) is 18.3 Å². The molecule has 0 aliphatic carbocycles. The lowest BCUT2D eigenvalue weighted by Crippen LogP contribution is -2.42. The molecule has 11 heteroatoms. The number of nitrogens with zero attached hydrogens (tertiary/aromatic N) is 7. The number of rotatable bonds is 2. The first kappa shape index (κ1) is 17.2. The second-order valence-electron chi connectivity index (χ2n) is 6.50. The van der Waals surface area contributed by atoms with Crippen LogP contribution in [0.25, 0.3) is 5.52 Å². The van der Waals surface area contributed by atoms with Crippen molar-refractivity contribution in [2.24, 2.45) is 7.05 Å². The van der Waals surface area contributed by atoms with Crippen LogP contribution in [0.2, 0.25) is 10.3 Å². The maximum atomic E-state index is 13.3. The maximum absolute atomic E-state index is 13.3. The summed E-state index contributed by atoms with van der Waals surface area (Å²) in [6.07, 6.45) is 4.10. The van der Waals surface area contributed by atoms with Gasteiger partial charge in [-0.25, -0.2) is 14.2 Å². The van der Waals surface area contributed by atoms with Crippen LogP contribution in [-0.2, 0) is 13.5 Å². The van der Waals surface area contributed by atoms with Gasteiger partial charge in [-0.05, 0) is 29.8 Å². The van der Waals surface area contributed by atoms with Gasteiger partial charge in [-0.2, -0.15) is 10.1 Å². The number of pyridine rings is 1. The molecular formula is C17H14Cl2N8O. The second kappa shape index (κ2) is 6.32. The van der Waals surface area contributed by atoms with Crippen LogP contribution in [0.15, 0.2) is 30.7 Å². The monoisotopic (exact) mass is 416 g/mol. The van der Waals surface area contributed by atoms with Gasteiger partial charge in [0.1, 0.15) is 6.04 Å². The minimum atomic E-state index is -0.478. The number of nitrogens with one attached hydrogen (secondary N) is 1. The number of carbonyl (C=O) groups excluding carboxylic acids is 1. The molecule has 1 aliphatic heterocycles. The smallest absolute Gasteiger partial charge is 0.292 e. The molecule has 4 aromatic rings. The Labute approximate surface area is 168 Å². The maximum Gasteiger partial charge on any atom is 0.292 e. The van der Waals surface area contributed by atoms with Gasteiger partial charge in [-0.15, -0.1) is 5.10 Å². The number of aryl methyl sites for hydroxylation is 1. The number of carbonyl (C=O) groups is 1. The number of H-pyrrole nitrogens is 1. The van der Waals surface area contributed by atoms with Crippen LogP contribution in [0.5, 0.6) is 0 Å². The predicted molar refractivity (Wildman–Crippen MR) is 101 cm³/mol. The number of hydrogen-bond donors (Lipinski definition) is 1. The molecule has 0 saturated carbocycles. The highest BCUT2D eigenvalue weighted by Crippen LogP contribution is 2.34. The predicted octanol–water partition coefficient (Wildman–Crippen LogP) is 2.28. The van der Waals surface area contributed by atoms with Gasteiger partial charge < -0.3 is 9.88 Å². The summed E-state index contributed by atoms with van der Waals surface area (Å²) in [5.41, 5.74) is 3.17. The fourth-order valence-corrected chi connectivity index (χ4v) is 4.00. The topological polar surface area (TPSA) is 97.0 Å². The molecule has 28 heavy (non-hydrogen) atoms. The van der Waals surface area contributed by atoms with Gasteiger partial charge >= 0.3 is 0 Å². The van der Waals surface area contributed by atoms with Gasteiger partial charge in [0, 0.05) is 31.9 Å². The third kappa shape index (κ3) is 2.58. The lowest BCUT2D eigenvalue weighted by atomic mass is 9.99. The van der Waals surface area contributed by atoms with Gasteiger partial charge in [0.25, 0.3) is 5.91 Å². The van der Waals surface area contributed by atoms with Crippen LogP contribution in [-0.4, -0.2) is 51.7 Å². The van der Waals surface area contributed by atoms with E-state index in [4.69, 9.17) is 23.2 Å². The fourth-order valence-electron chi connectivity index (χ4n) is 3.60. The highest BCUT2D eigenvalue weighted by atomic mass is 35.5. The SMILES string of the molecule is Cn1nc(Cl)nc1C(=O)N1CCc2[nH]cnc2[C@@H]1c1cc2c(Cl)cccn2n1. The fraction of sp³-hybridized carbons (Fsp3) is 0.235. The Balaban J connectivity index is 1.65. The van der Waals surface area contributed by atoms with E-state index in [9.17, 15) is 4.79 Å². The Morgan fingerprint density at radius 3 is 2.93 bits per heavy atom. The minimum absolute atomic E-state index is 0.0272. The third-order valence-corrected chi connectivity index (χ3v) is 5.34. The van der Waals surface area contributed by atoms with Crippen LogP contribution in [0.1, 0.15) is 33.7 Å². The standard InChI is InChI=1S/C17H14Cl2N8O/c1-25-15(22-17(19)24-25)16(28)26-6-4-10-13(21-8-20-10)14(26)11-7-12-9(18)3-2-5-27(12)23-11/h2-3,5,7-8,14H,4,6H2,1H3,(H,20,21)/t14-/m0/s1. The van der Waals surface area contributed by atoms with Crippen molar-refractivity contribution in [3.05, 3.63) is 63.9 Å². The van der Waals surface area contributed by atoms with Crippen molar-refractivity contribution in [2.75, 3.05) is 6.54 Å². The summed E-state index contributed by atoms with van der Waals surface area (Å²) in [7, 11) is 1.63. The van der Waals surface area contributed by atoms with E-state index < -0.39 is 6.04 Å². The third-order valence-electron chi connectivity index (χ3n) is 4.86. The molecular weight excluding hydrogens is 403 g/mol. The van der Waals surface area contributed by atoms with Gasteiger partial charge in [-0.3, -0.25) is 4.79 Å². The second-order valence-corrected chi connectivity index (χ2v) is 7.25. The molecule has 1 aliphatic rings. The molecule has 0 aromatic carbocycles. The van der Waals surface area contributed by atoms with Crippen molar-refractivity contribution in [1.82, 2.24) is 39.2 Å². The number of aromatic nitrogens is 7. The quantitative estimate of drug-likeness (QED) is 0.540. The molecule has 9 nitrogen and oxygen atoms in total. The zero-order valence-electron chi connectivity index (χ0n) is 14.7. The summed E-state index contributed by atoms with van der Waals surface area (Å²) >= 11 is 12.2. The average molecular weight is 417 g/mol. The molecule has 142 valence electrons. The zero-order valence-corrected chi connectivity index (χ0v) is 16.2. The summed E-state index contributed by atoms with van der Waals surface area (Å²) < 4.78 is 3.07. The molecule has 5 heterocycles. The van der Waals surface area contributed by atoms with Crippen molar-refractivity contribution in [1.29, 1.82) is 0 Å². The molecule has 0 saturated heterocycles. The van der Waals surface area contributed by atoms with E-state index in [-0.39, 0.29) is 17.0 Å². The number of amides is 1. The molecule has 4 aromatic heterocycles. The van der Waals surface area contributed by atoms with E-state index >= 15 is 0 Å². The van der Waals surface area contributed by atoms with Gasteiger partial charge in [-0.1, -0.05) is 11.6 Å². The summed E-state index contributed by atoms with van der Waals surface area (Å²) in [5.74, 6) is -0.125. The van der Waals surface area contributed by atoms with Crippen molar-refractivity contribution < 1.29 is 4.79 Å². The van der Waals surface area contributed by atoms with Crippen LogP contribution < -0.4 is 0 Å². The highest BCUT2D eigenvalue weighted by Gasteiger charge is 2.37. The van der Waals surface area contributed by atoms with E-state index in [2.05, 4.69) is 25.1 Å². The molecule has 5 rings (SSSR count). The lowest BCUT2D eigenvalue weighted by Gasteiger charge is -2.33. The lowest BCUT2D eigenvalue weighted by molar-refractivity contribution is 0.0669. The highest BCUT2D eigenvalue weighted by molar-refractivity contribution is 6.33. The first-order valence-electron chi connectivity index (χ1n) is 8.56. The largest absolute Gasteiger partial charge is 0.348 e. The summed E-state index contributed by atoms with van der Waals surface area (Å²) in [6, 6.07) is 5.01. The van der Waals surface area contributed by atoms with E-state index in [0.29, 0.717) is 23.7 Å². The van der Waals surface area contributed by atoms with Gasteiger partial charge in [0.2, 0.25) is 11.1 Å². The van der Waals surface area contributed by atoms with E-state index in [0.717, 1.165) is 16.9 Å². The number of halogens is 2. The molecule has 0 bridgehead atoms. The van der Waals surface area contributed by atoms with Crippen molar-refractivity contribution >= 4 is 34.6 Å².